The van der Waals surface area contributed by atoms with Crippen LogP contribution in [0.4, 0.5) is 0 Å². The minimum absolute atomic E-state index is 0.309. The maximum absolute atomic E-state index is 5.67. The minimum Gasteiger partial charge on any atom is -0.489 e. The van der Waals surface area contributed by atoms with Gasteiger partial charge in [-0.1, -0.05) is 61.2 Å². The van der Waals surface area contributed by atoms with E-state index < -0.39 is 0 Å². The summed E-state index contributed by atoms with van der Waals surface area (Å²) in [5.74, 6) is 0.917. The first-order valence-corrected chi connectivity index (χ1v) is 6.91. The number of ether oxygens (including phenoxy) is 1. The average molecular weight is 267 g/mol. The lowest BCUT2D eigenvalue weighted by Gasteiger charge is -2.16. The van der Waals surface area contributed by atoms with Gasteiger partial charge in [-0.25, -0.2) is 0 Å². The molecular formula is C18H21NO. The largest absolute Gasteiger partial charge is 0.489 e. The van der Waals surface area contributed by atoms with Crippen LogP contribution in [0.15, 0.2) is 67.3 Å². The molecule has 0 spiro atoms. The molecule has 0 bridgehead atoms. The first-order valence-electron chi connectivity index (χ1n) is 6.91. The summed E-state index contributed by atoms with van der Waals surface area (Å²) < 4.78 is 5.67. The zero-order valence-corrected chi connectivity index (χ0v) is 11.9. The highest BCUT2D eigenvalue weighted by Crippen LogP contribution is 2.19. The SMILES string of the molecule is C=CCOc1ccccc1CN[C@H](C)c1ccccc1. The Bertz CT molecular complexity index is 536. The molecule has 1 N–H and O–H groups in total. The molecule has 0 saturated heterocycles. The average Bonchev–Trinajstić information content (AvgIpc) is 2.52. The molecule has 2 aromatic carbocycles. The third-order valence-electron chi connectivity index (χ3n) is 3.23. The van der Waals surface area contributed by atoms with Crippen LogP contribution in [-0.4, -0.2) is 6.61 Å². The zero-order chi connectivity index (χ0) is 14.2. The Morgan fingerprint density at radius 3 is 2.55 bits per heavy atom. The van der Waals surface area contributed by atoms with Crippen LogP contribution < -0.4 is 10.1 Å². The highest BCUT2D eigenvalue weighted by Gasteiger charge is 2.06. The second-order valence-corrected chi connectivity index (χ2v) is 4.72. The minimum atomic E-state index is 0.309. The second kappa shape index (κ2) is 7.51. The first-order chi connectivity index (χ1) is 9.81. The fourth-order valence-electron chi connectivity index (χ4n) is 2.06. The van der Waals surface area contributed by atoms with E-state index in [-0.39, 0.29) is 0 Å². The van der Waals surface area contributed by atoms with Crippen molar-refractivity contribution < 1.29 is 4.74 Å². The first kappa shape index (κ1) is 14.4. The molecular weight excluding hydrogens is 246 g/mol. The molecule has 0 radical (unpaired) electrons. The van der Waals surface area contributed by atoms with Crippen molar-refractivity contribution in [1.82, 2.24) is 5.32 Å². The van der Waals surface area contributed by atoms with Crippen LogP contribution >= 0.6 is 0 Å². The van der Waals surface area contributed by atoms with E-state index in [0.29, 0.717) is 12.6 Å². The Kier molecular flexibility index (Phi) is 5.39. The molecule has 1 atom stereocenters. The molecule has 0 aliphatic heterocycles. The fourth-order valence-corrected chi connectivity index (χ4v) is 2.06. The van der Waals surface area contributed by atoms with Gasteiger partial charge >= 0.3 is 0 Å². The van der Waals surface area contributed by atoms with Crippen molar-refractivity contribution in [2.45, 2.75) is 19.5 Å². The molecule has 0 unspecified atom stereocenters. The van der Waals surface area contributed by atoms with Crippen LogP contribution in [0.3, 0.4) is 0 Å². The molecule has 2 heteroatoms. The highest BCUT2D eigenvalue weighted by molar-refractivity contribution is 5.33. The van der Waals surface area contributed by atoms with Gasteiger partial charge in [0.2, 0.25) is 0 Å². The summed E-state index contributed by atoms with van der Waals surface area (Å²) in [6.07, 6.45) is 1.76. The number of benzene rings is 2. The van der Waals surface area contributed by atoms with Crippen LogP contribution in [-0.2, 0) is 6.54 Å². The van der Waals surface area contributed by atoms with E-state index in [1.807, 2.05) is 24.3 Å². The lowest BCUT2D eigenvalue weighted by atomic mass is 10.1. The van der Waals surface area contributed by atoms with Gasteiger partial charge in [0.15, 0.2) is 0 Å². The van der Waals surface area contributed by atoms with Gasteiger partial charge in [0.1, 0.15) is 12.4 Å². The smallest absolute Gasteiger partial charge is 0.124 e. The summed E-state index contributed by atoms with van der Waals surface area (Å²) >= 11 is 0. The van der Waals surface area contributed by atoms with Gasteiger partial charge in [-0.05, 0) is 18.6 Å². The monoisotopic (exact) mass is 267 g/mol. The van der Waals surface area contributed by atoms with Gasteiger partial charge in [0, 0.05) is 18.2 Å². The molecule has 2 aromatic rings. The topological polar surface area (TPSA) is 21.3 Å². The lowest BCUT2D eigenvalue weighted by Crippen LogP contribution is -2.18. The molecule has 2 nitrogen and oxygen atoms in total. The predicted octanol–water partition coefficient (Wildman–Crippen LogP) is 4.10. The normalized spacial score (nSPS) is 11.8. The molecule has 0 aromatic heterocycles. The lowest BCUT2D eigenvalue weighted by molar-refractivity contribution is 0.357. The summed E-state index contributed by atoms with van der Waals surface area (Å²) in [7, 11) is 0. The summed E-state index contributed by atoms with van der Waals surface area (Å²) in [5.41, 5.74) is 2.45. The van der Waals surface area contributed by atoms with Crippen LogP contribution in [0.1, 0.15) is 24.1 Å². The molecule has 0 fully saturated rings. The molecule has 0 amide bonds. The van der Waals surface area contributed by atoms with E-state index in [2.05, 4.69) is 49.2 Å². The van der Waals surface area contributed by atoms with E-state index >= 15 is 0 Å². The Balaban J connectivity index is 1.98. The summed E-state index contributed by atoms with van der Waals surface area (Å²) in [5, 5.41) is 3.53. The van der Waals surface area contributed by atoms with E-state index in [1.165, 1.54) is 5.56 Å². The summed E-state index contributed by atoms with van der Waals surface area (Å²) in [4.78, 5) is 0. The molecule has 0 saturated carbocycles. The second-order valence-electron chi connectivity index (χ2n) is 4.72. The Morgan fingerprint density at radius 2 is 1.80 bits per heavy atom. The van der Waals surface area contributed by atoms with Crippen LogP contribution in [0, 0.1) is 0 Å². The Hall–Kier alpha value is -2.06. The van der Waals surface area contributed by atoms with Crippen LogP contribution in [0.2, 0.25) is 0 Å². The number of para-hydroxylation sites is 1. The summed E-state index contributed by atoms with van der Waals surface area (Å²) in [6, 6.07) is 18.8. The van der Waals surface area contributed by atoms with Crippen molar-refractivity contribution in [2.75, 3.05) is 6.61 Å². The van der Waals surface area contributed by atoms with Gasteiger partial charge in [-0.15, -0.1) is 0 Å². The van der Waals surface area contributed by atoms with Gasteiger partial charge in [-0.2, -0.15) is 0 Å². The number of rotatable bonds is 7. The number of hydrogen-bond donors (Lipinski definition) is 1. The molecule has 0 aliphatic carbocycles. The predicted molar refractivity (Wildman–Crippen MR) is 83.8 cm³/mol. The van der Waals surface area contributed by atoms with Gasteiger partial charge in [-0.3, -0.25) is 0 Å². The maximum Gasteiger partial charge on any atom is 0.124 e. The van der Waals surface area contributed by atoms with Crippen LogP contribution in [0.25, 0.3) is 0 Å². The third-order valence-corrected chi connectivity index (χ3v) is 3.23. The van der Waals surface area contributed by atoms with Crippen LogP contribution in [0.5, 0.6) is 5.75 Å². The quantitative estimate of drug-likeness (QED) is 0.762. The fraction of sp³-hybridized carbons (Fsp3) is 0.222. The van der Waals surface area contributed by atoms with Crippen molar-refractivity contribution in [3.05, 3.63) is 78.4 Å². The van der Waals surface area contributed by atoms with Gasteiger partial charge < -0.3 is 10.1 Å². The van der Waals surface area contributed by atoms with Crippen molar-refractivity contribution in [1.29, 1.82) is 0 Å². The van der Waals surface area contributed by atoms with Crippen molar-refractivity contribution >= 4 is 0 Å². The van der Waals surface area contributed by atoms with E-state index in [0.717, 1.165) is 17.9 Å². The van der Waals surface area contributed by atoms with Gasteiger partial charge in [0.05, 0.1) is 0 Å². The number of hydrogen-bond acceptors (Lipinski definition) is 2. The Morgan fingerprint density at radius 1 is 1.10 bits per heavy atom. The van der Waals surface area contributed by atoms with Gasteiger partial charge in [0.25, 0.3) is 0 Å². The number of nitrogens with one attached hydrogen (secondary N) is 1. The van der Waals surface area contributed by atoms with E-state index in [9.17, 15) is 0 Å². The summed E-state index contributed by atoms with van der Waals surface area (Å²) in [6.45, 7) is 7.16. The molecule has 104 valence electrons. The molecule has 0 aliphatic rings. The third kappa shape index (κ3) is 3.97. The molecule has 20 heavy (non-hydrogen) atoms. The van der Waals surface area contributed by atoms with E-state index in [1.54, 1.807) is 6.08 Å². The van der Waals surface area contributed by atoms with Crippen molar-refractivity contribution in [3.8, 4) is 5.75 Å². The molecule has 0 heterocycles. The molecule has 2 rings (SSSR count). The van der Waals surface area contributed by atoms with E-state index in [4.69, 9.17) is 4.74 Å². The Labute approximate surface area is 121 Å². The van der Waals surface area contributed by atoms with Crippen molar-refractivity contribution in [3.63, 3.8) is 0 Å². The standard InChI is InChI=1S/C18H21NO/c1-3-13-20-18-12-8-7-11-17(18)14-19-15(2)16-9-5-4-6-10-16/h3-12,15,19H,1,13-14H2,2H3/t15-/m1/s1. The maximum atomic E-state index is 5.67. The highest BCUT2D eigenvalue weighted by atomic mass is 16.5. The van der Waals surface area contributed by atoms with Crippen molar-refractivity contribution in [2.24, 2.45) is 0 Å². The zero-order valence-electron chi connectivity index (χ0n) is 11.9.